The predicted molar refractivity (Wildman–Crippen MR) is 71.5 cm³/mol. The molecule has 0 spiro atoms. The van der Waals surface area contributed by atoms with Crippen molar-refractivity contribution in [3.63, 3.8) is 0 Å². The molecule has 1 heterocycles. The molecular weight excluding hydrogens is 255 g/mol. The summed E-state index contributed by atoms with van der Waals surface area (Å²) in [4.78, 5) is 0. The quantitative estimate of drug-likeness (QED) is 0.889. The number of hydrogen-bond acceptors (Lipinski definition) is 3. The highest BCUT2D eigenvalue weighted by Gasteiger charge is 2.34. The largest absolute Gasteiger partial charge is 0.378 e. The first kappa shape index (κ1) is 13.6. The van der Waals surface area contributed by atoms with Gasteiger partial charge in [0.2, 0.25) is 0 Å². The molecule has 0 aromatic heterocycles. The summed E-state index contributed by atoms with van der Waals surface area (Å²) < 4.78 is 18.8. The molecule has 0 amide bonds. The van der Waals surface area contributed by atoms with E-state index in [2.05, 4.69) is 5.32 Å². The van der Waals surface area contributed by atoms with Crippen molar-refractivity contribution in [1.29, 1.82) is 0 Å². The van der Waals surface area contributed by atoms with E-state index in [0.29, 0.717) is 23.9 Å². The second-order valence-electron chi connectivity index (χ2n) is 4.87. The van der Waals surface area contributed by atoms with Gasteiger partial charge in [-0.2, -0.15) is 0 Å². The fourth-order valence-corrected chi connectivity index (χ4v) is 2.56. The Kier molecular flexibility index (Phi) is 4.10. The summed E-state index contributed by atoms with van der Waals surface area (Å²) in [7, 11) is 0. The van der Waals surface area contributed by atoms with Crippen LogP contribution < -0.4 is 11.1 Å². The summed E-state index contributed by atoms with van der Waals surface area (Å²) in [5.74, 6) is -0.311. The third kappa shape index (κ3) is 2.94. The monoisotopic (exact) mass is 272 g/mol. The highest BCUT2D eigenvalue weighted by molar-refractivity contribution is 6.33. The number of hydrogen-bond donors (Lipinski definition) is 2. The van der Waals surface area contributed by atoms with Crippen LogP contribution in [0.4, 0.5) is 10.1 Å². The zero-order valence-corrected chi connectivity index (χ0v) is 11.1. The Balaban J connectivity index is 2.21. The van der Waals surface area contributed by atoms with Crippen LogP contribution in [0.3, 0.4) is 0 Å². The zero-order chi connectivity index (χ0) is 13.2. The lowest BCUT2D eigenvalue weighted by Gasteiger charge is -2.40. The molecule has 0 saturated carbocycles. The minimum atomic E-state index is -0.311. The third-order valence-corrected chi connectivity index (χ3v) is 3.71. The van der Waals surface area contributed by atoms with Gasteiger partial charge in [-0.3, -0.25) is 0 Å². The van der Waals surface area contributed by atoms with E-state index in [1.165, 1.54) is 12.1 Å². The second-order valence-corrected chi connectivity index (χ2v) is 5.28. The number of rotatable bonds is 3. The number of ether oxygens (including phenoxy) is 1. The number of anilines is 1. The van der Waals surface area contributed by atoms with Crippen LogP contribution in [-0.2, 0) is 4.74 Å². The molecule has 1 aromatic rings. The molecule has 5 heteroatoms. The van der Waals surface area contributed by atoms with Crippen molar-refractivity contribution in [2.45, 2.75) is 31.4 Å². The maximum absolute atomic E-state index is 13.3. The van der Waals surface area contributed by atoms with Crippen molar-refractivity contribution >= 4 is 17.3 Å². The van der Waals surface area contributed by atoms with Gasteiger partial charge in [-0.15, -0.1) is 0 Å². The maximum atomic E-state index is 13.3. The average Bonchev–Trinajstić information content (AvgIpc) is 2.34. The number of benzene rings is 1. The lowest BCUT2D eigenvalue weighted by Crippen LogP contribution is -2.51. The molecule has 0 bridgehead atoms. The van der Waals surface area contributed by atoms with Crippen LogP contribution in [0.2, 0.25) is 5.02 Å². The van der Waals surface area contributed by atoms with Crippen molar-refractivity contribution in [3.05, 3.63) is 29.0 Å². The van der Waals surface area contributed by atoms with Gasteiger partial charge in [0.05, 0.1) is 22.4 Å². The van der Waals surface area contributed by atoms with E-state index >= 15 is 0 Å². The minimum Gasteiger partial charge on any atom is -0.378 e. The summed E-state index contributed by atoms with van der Waals surface area (Å²) in [5, 5.41) is 3.81. The first-order valence-corrected chi connectivity index (χ1v) is 6.47. The first-order valence-electron chi connectivity index (χ1n) is 6.09. The number of halogens is 2. The summed E-state index contributed by atoms with van der Waals surface area (Å²) in [6.07, 6.45) is 1.72. The number of nitrogens with one attached hydrogen (secondary N) is 1. The predicted octanol–water partition coefficient (Wildman–Crippen LogP) is 2.79. The van der Waals surface area contributed by atoms with E-state index < -0.39 is 0 Å². The third-order valence-electron chi connectivity index (χ3n) is 3.38. The van der Waals surface area contributed by atoms with Gasteiger partial charge in [-0.25, -0.2) is 4.39 Å². The molecule has 18 heavy (non-hydrogen) atoms. The van der Waals surface area contributed by atoms with Crippen molar-refractivity contribution < 1.29 is 9.13 Å². The van der Waals surface area contributed by atoms with Gasteiger partial charge in [0.25, 0.3) is 0 Å². The molecule has 3 nitrogen and oxygen atoms in total. The van der Waals surface area contributed by atoms with Crippen molar-refractivity contribution in [2.75, 3.05) is 18.5 Å². The fourth-order valence-electron chi connectivity index (χ4n) is 2.40. The average molecular weight is 273 g/mol. The second kappa shape index (κ2) is 5.43. The molecule has 2 unspecified atom stereocenters. The normalized spacial score (nSPS) is 28.1. The van der Waals surface area contributed by atoms with Crippen molar-refractivity contribution in [1.82, 2.24) is 0 Å². The van der Waals surface area contributed by atoms with Gasteiger partial charge in [0.15, 0.2) is 0 Å². The van der Waals surface area contributed by atoms with Crippen LogP contribution in [0.5, 0.6) is 0 Å². The van der Waals surface area contributed by atoms with E-state index in [-0.39, 0.29) is 17.5 Å². The fraction of sp³-hybridized carbons (Fsp3) is 0.538. The van der Waals surface area contributed by atoms with E-state index in [1.807, 2.05) is 6.92 Å². The zero-order valence-electron chi connectivity index (χ0n) is 10.4. The van der Waals surface area contributed by atoms with Gasteiger partial charge >= 0.3 is 0 Å². The molecule has 1 aromatic carbocycles. The van der Waals surface area contributed by atoms with E-state index in [0.717, 1.165) is 12.8 Å². The molecule has 100 valence electrons. The molecule has 3 N–H and O–H groups in total. The van der Waals surface area contributed by atoms with Gasteiger partial charge < -0.3 is 15.8 Å². The van der Waals surface area contributed by atoms with Crippen LogP contribution in [-0.4, -0.2) is 24.8 Å². The van der Waals surface area contributed by atoms with Crippen LogP contribution in [0, 0.1) is 5.82 Å². The first-order chi connectivity index (χ1) is 8.54. The smallest absolute Gasteiger partial charge is 0.125 e. The molecule has 2 atom stereocenters. The Morgan fingerprint density at radius 2 is 2.39 bits per heavy atom. The molecule has 1 saturated heterocycles. The van der Waals surface area contributed by atoms with Crippen LogP contribution in [0.25, 0.3) is 0 Å². The van der Waals surface area contributed by atoms with Crippen LogP contribution in [0.1, 0.15) is 19.8 Å². The number of nitrogens with two attached hydrogens (primary N) is 1. The molecule has 1 aliphatic heterocycles. The highest BCUT2D eigenvalue weighted by Crippen LogP contribution is 2.31. The van der Waals surface area contributed by atoms with Crippen molar-refractivity contribution in [2.24, 2.45) is 5.73 Å². The molecule has 2 rings (SSSR count). The molecule has 1 fully saturated rings. The summed E-state index contributed by atoms with van der Waals surface area (Å²) >= 11 is 6.07. The summed E-state index contributed by atoms with van der Waals surface area (Å²) in [6, 6.07) is 4.29. The van der Waals surface area contributed by atoms with Gasteiger partial charge in [0, 0.05) is 13.2 Å². The summed E-state index contributed by atoms with van der Waals surface area (Å²) in [5.41, 5.74) is 6.21. The SMILES string of the molecule is CC1CC(CN)(Nc2cc(F)ccc2Cl)CCO1. The Morgan fingerprint density at radius 1 is 1.61 bits per heavy atom. The molecule has 1 aliphatic rings. The Morgan fingerprint density at radius 3 is 3.06 bits per heavy atom. The van der Waals surface area contributed by atoms with Gasteiger partial charge in [-0.05, 0) is 38.0 Å². The van der Waals surface area contributed by atoms with Crippen LogP contribution >= 0.6 is 11.6 Å². The lowest BCUT2D eigenvalue weighted by atomic mass is 9.86. The lowest BCUT2D eigenvalue weighted by molar-refractivity contribution is 0.000262. The highest BCUT2D eigenvalue weighted by atomic mass is 35.5. The van der Waals surface area contributed by atoms with E-state index in [1.54, 1.807) is 6.07 Å². The van der Waals surface area contributed by atoms with E-state index in [4.69, 9.17) is 22.1 Å². The minimum absolute atomic E-state index is 0.141. The Labute approximate surface area is 111 Å². The van der Waals surface area contributed by atoms with Crippen molar-refractivity contribution in [3.8, 4) is 0 Å². The molecule has 0 radical (unpaired) electrons. The maximum Gasteiger partial charge on any atom is 0.125 e. The van der Waals surface area contributed by atoms with E-state index in [9.17, 15) is 4.39 Å². The Hall–Kier alpha value is -0.840. The molecule has 0 aliphatic carbocycles. The van der Waals surface area contributed by atoms with Gasteiger partial charge in [-0.1, -0.05) is 11.6 Å². The standard InChI is InChI=1S/C13H18ClFN2O/c1-9-7-13(8-16,4-5-18-9)17-12-6-10(15)2-3-11(12)14/h2-3,6,9,17H,4-5,7-8,16H2,1H3. The topological polar surface area (TPSA) is 47.3 Å². The molecular formula is C13H18ClFN2O. The van der Waals surface area contributed by atoms with Crippen LogP contribution in [0.15, 0.2) is 18.2 Å². The van der Waals surface area contributed by atoms with Gasteiger partial charge in [0.1, 0.15) is 5.82 Å². The summed E-state index contributed by atoms with van der Waals surface area (Å²) in [6.45, 7) is 3.13. The Bertz CT molecular complexity index is 429.